The summed E-state index contributed by atoms with van der Waals surface area (Å²) < 4.78 is 22.7. The Hall–Kier alpha value is -1.33. The SMILES string of the molecule is O=P(O)(C(CO)c1ccco1)C(CO)c1ccco1. The van der Waals surface area contributed by atoms with Gasteiger partial charge >= 0.3 is 0 Å². The zero-order chi connectivity index (χ0) is 13.9. The lowest BCUT2D eigenvalue weighted by Crippen LogP contribution is -2.13. The third-order valence-corrected chi connectivity index (χ3v) is 5.60. The molecular formula is C12H15O6P. The molecule has 0 aromatic carbocycles. The summed E-state index contributed by atoms with van der Waals surface area (Å²) in [5, 5.41) is 18.7. The van der Waals surface area contributed by atoms with Crippen LogP contribution in [-0.2, 0) is 4.57 Å². The van der Waals surface area contributed by atoms with E-state index in [0.717, 1.165) is 0 Å². The van der Waals surface area contributed by atoms with Gasteiger partial charge in [0.25, 0.3) is 0 Å². The third kappa shape index (κ3) is 2.67. The number of hydrogen-bond acceptors (Lipinski definition) is 5. The highest BCUT2D eigenvalue weighted by molar-refractivity contribution is 7.58. The summed E-state index contributed by atoms with van der Waals surface area (Å²) in [6.45, 7) is -1.11. The number of aliphatic hydroxyl groups is 2. The van der Waals surface area contributed by atoms with Crippen molar-refractivity contribution in [3.63, 3.8) is 0 Å². The van der Waals surface area contributed by atoms with Crippen LogP contribution >= 0.6 is 7.37 Å². The maximum absolute atomic E-state index is 12.6. The molecule has 19 heavy (non-hydrogen) atoms. The molecule has 2 rings (SSSR count). The van der Waals surface area contributed by atoms with Crippen molar-refractivity contribution in [3.05, 3.63) is 48.3 Å². The Morgan fingerprint density at radius 3 is 1.68 bits per heavy atom. The van der Waals surface area contributed by atoms with Crippen molar-refractivity contribution in [2.45, 2.75) is 11.3 Å². The van der Waals surface area contributed by atoms with Crippen LogP contribution in [0.3, 0.4) is 0 Å². The van der Waals surface area contributed by atoms with Crippen LogP contribution in [0.5, 0.6) is 0 Å². The molecule has 0 amide bonds. The van der Waals surface area contributed by atoms with E-state index in [-0.39, 0.29) is 11.5 Å². The summed E-state index contributed by atoms with van der Waals surface area (Å²) in [6, 6.07) is 6.17. The lowest BCUT2D eigenvalue weighted by Gasteiger charge is -2.25. The normalized spacial score (nSPS) is 17.8. The smallest absolute Gasteiger partial charge is 0.226 e. The molecule has 2 aromatic heterocycles. The molecule has 0 aliphatic rings. The number of furan rings is 2. The molecule has 3 N–H and O–H groups in total. The second-order valence-electron chi connectivity index (χ2n) is 4.10. The summed E-state index contributed by atoms with van der Waals surface area (Å²) in [4.78, 5) is 10.3. The van der Waals surface area contributed by atoms with E-state index < -0.39 is 31.9 Å². The van der Waals surface area contributed by atoms with E-state index in [1.807, 2.05) is 0 Å². The predicted octanol–water partition coefficient (Wildman–Crippen LogP) is 1.91. The minimum Gasteiger partial charge on any atom is -0.468 e. The third-order valence-electron chi connectivity index (χ3n) is 2.98. The maximum Gasteiger partial charge on any atom is 0.226 e. The zero-order valence-electron chi connectivity index (χ0n) is 10.0. The van der Waals surface area contributed by atoms with Crippen LogP contribution in [-0.4, -0.2) is 28.3 Å². The molecular weight excluding hydrogens is 271 g/mol. The Labute approximate surface area is 109 Å². The fraction of sp³-hybridized carbons (Fsp3) is 0.333. The molecule has 104 valence electrons. The summed E-state index contributed by atoms with van der Waals surface area (Å²) in [6.07, 6.45) is 2.72. The van der Waals surface area contributed by atoms with Gasteiger partial charge < -0.3 is 23.9 Å². The first-order valence-corrected chi connectivity index (χ1v) is 7.51. The van der Waals surface area contributed by atoms with Gasteiger partial charge in [0.05, 0.1) is 25.7 Å². The molecule has 0 aliphatic heterocycles. The van der Waals surface area contributed by atoms with Gasteiger partial charge in [0, 0.05) is 0 Å². The average Bonchev–Trinajstić information content (AvgIpc) is 3.02. The van der Waals surface area contributed by atoms with Crippen LogP contribution < -0.4 is 0 Å². The minimum absolute atomic E-state index is 0.207. The van der Waals surface area contributed by atoms with Crippen molar-refractivity contribution in [2.24, 2.45) is 0 Å². The number of hydrogen-bond donors (Lipinski definition) is 3. The molecule has 0 aliphatic carbocycles. The maximum atomic E-state index is 12.6. The van der Waals surface area contributed by atoms with E-state index in [9.17, 15) is 19.7 Å². The Kier molecular flexibility index (Phi) is 4.27. The van der Waals surface area contributed by atoms with Gasteiger partial charge in [-0.1, -0.05) is 0 Å². The van der Waals surface area contributed by atoms with Crippen LogP contribution in [0.2, 0.25) is 0 Å². The topological polar surface area (TPSA) is 104 Å². The predicted molar refractivity (Wildman–Crippen MR) is 66.9 cm³/mol. The van der Waals surface area contributed by atoms with Crippen LogP contribution in [0.1, 0.15) is 22.8 Å². The molecule has 0 saturated carbocycles. The standard InChI is InChI=1S/C12H15O6P/c13-7-11(9-3-1-5-17-9)19(15,16)12(8-14)10-4-2-6-18-10/h1-6,11-14H,7-8H2,(H,15,16). The molecule has 2 aromatic rings. The lowest BCUT2D eigenvalue weighted by molar-refractivity contribution is 0.249. The lowest BCUT2D eigenvalue weighted by atomic mass is 10.3. The quantitative estimate of drug-likeness (QED) is 0.701. The minimum atomic E-state index is -3.98. The van der Waals surface area contributed by atoms with E-state index in [2.05, 4.69) is 0 Å². The van der Waals surface area contributed by atoms with Crippen molar-refractivity contribution in [1.29, 1.82) is 0 Å². The van der Waals surface area contributed by atoms with Gasteiger partial charge in [0.15, 0.2) is 0 Å². The van der Waals surface area contributed by atoms with Crippen LogP contribution in [0.4, 0.5) is 0 Å². The van der Waals surface area contributed by atoms with Gasteiger partial charge in [-0.2, -0.15) is 0 Å². The van der Waals surface area contributed by atoms with E-state index in [0.29, 0.717) is 0 Å². The highest BCUT2D eigenvalue weighted by atomic mass is 31.2. The second-order valence-corrected chi connectivity index (χ2v) is 6.69. The van der Waals surface area contributed by atoms with Crippen LogP contribution in [0, 0.1) is 0 Å². The molecule has 0 radical (unpaired) electrons. The van der Waals surface area contributed by atoms with Gasteiger partial charge in [0.1, 0.15) is 22.8 Å². The Bertz CT molecular complexity index is 486. The van der Waals surface area contributed by atoms with Crippen molar-refractivity contribution >= 4 is 7.37 Å². The Balaban J connectivity index is 2.36. The molecule has 2 unspecified atom stereocenters. The fourth-order valence-corrected chi connectivity index (χ4v) is 3.88. The first kappa shape index (κ1) is 14.1. The van der Waals surface area contributed by atoms with Gasteiger partial charge in [-0.3, -0.25) is 4.57 Å². The zero-order valence-corrected chi connectivity index (χ0v) is 10.9. The van der Waals surface area contributed by atoms with Crippen molar-refractivity contribution in [3.8, 4) is 0 Å². The molecule has 0 saturated heterocycles. The van der Waals surface area contributed by atoms with Crippen LogP contribution in [0.15, 0.2) is 45.6 Å². The summed E-state index contributed by atoms with van der Waals surface area (Å²) in [5.74, 6) is 0.414. The van der Waals surface area contributed by atoms with Gasteiger partial charge in [-0.15, -0.1) is 0 Å². The largest absolute Gasteiger partial charge is 0.468 e. The Morgan fingerprint density at radius 1 is 1.00 bits per heavy atom. The van der Waals surface area contributed by atoms with E-state index in [1.54, 1.807) is 12.1 Å². The molecule has 0 fully saturated rings. The second kappa shape index (κ2) is 5.75. The highest BCUT2D eigenvalue weighted by Gasteiger charge is 2.43. The van der Waals surface area contributed by atoms with Gasteiger partial charge in [-0.25, -0.2) is 0 Å². The van der Waals surface area contributed by atoms with Gasteiger partial charge in [0.2, 0.25) is 7.37 Å². The monoisotopic (exact) mass is 286 g/mol. The molecule has 0 bridgehead atoms. The van der Waals surface area contributed by atoms with Crippen molar-refractivity contribution in [1.82, 2.24) is 0 Å². The molecule has 7 heteroatoms. The molecule has 6 nitrogen and oxygen atoms in total. The van der Waals surface area contributed by atoms with E-state index in [1.165, 1.54) is 24.7 Å². The summed E-state index contributed by atoms with van der Waals surface area (Å²) >= 11 is 0. The van der Waals surface area contributed by atoms with Gasteiger partial charge in [-0.05, 0) is 24.3 Å². The fourth-order valence-electron chi connectivity index (χ4n) is 1.96. The molecule has 2 atom stereocenters. The van der Waals surface area contributed by atoms with Crippen molar-refractivity contribution in [2.75, 3.05) is 13.2 Å². The van der Waals surface area contributed by atoms with Crippen LogP contribution in [0.25, 0.3) is 0 Å². The highest BCUT2D eigenvalue weighted by Crippen LogP contribution is 2.65. The average molecular weight is 286 g/mol. The summed E-state index contributed by atoms with van der Waals surface area (Å²) in [5.41, 5.74) is -2.19. The number of rotatable bonds is 6. The first-order chi connectivity index (χ1) is 9.11. The number of aliphatic hydroxyl groups excluding tert-OH is 2. The van der Waals surface area contributed by atoms with E-state index in [4.69, 9.17) is 8.83 Å². The van der Waals surface area contributed by atoms with E-state index >= 15 is 0 Å². The first-order valence-electron chi connectivity index (χ1n) is 5.72. The Morgan fingerprint density at radius 2 is 1.42 bits per heavy atom. The molecule has 2 heterocycles. The molecule has 0 spiro atoms. The van der Waals surface area contributed by atoms with Crippen molar-refractivity contribution < 1.29 is 28.5 Å². The summed E-state index contributed by atoms with van der Waals surface area (Å²) in [7, 11) is -3.98.